The van der Waals surface area contributed by atoms with Crippen LogP contribution in [0.2, 0.25) is 0 Å². The highest BCUT2D eigenvalue weighted by Crippen LogP contribution is 2.08. The Hall–Kier alpha value is -1.72. The van der Waals surface area contributed by atoms with Gasteiger partial charge in [0.25, 0.3) is 6.43 Å². The molecule has 2 aromatic rings. The van der Waals surface area contributed by atoms with Gasteiger partial charge in [-0.1, -0.05) is 0 Å². The zero-order valence-electron chi connectivity index (χ0n) is 7.10. The van der Waals surface area contributed by atoms with E-state index >= 15 is 0 Å². The fourth-order valence-electron chi connectivity index (χ4n) is 1.02. The molecule has 0 N–H and O–H groups in total. The Balaban J connectivity index is 2.17. The molecule has 6 heteroatoms. The Labute approximate surface area is 78.1 Å². The van der Waals surface area contributed by atoms with Gasteiger partial charge in [-0.3, -0.25) is 0 Å². The third-order valence-electron chi connectivity index (χ3n) is 1.59. The van der Waals surface area contributed by atoms with Gasteiger partial charge in [-0.15, -0.1) is 5.10 Å². The van der Waals surface area contributed by atoms with Crippen molar-refractivity contribution in [3.05, 3.63) is 24.5 Å². The molecule has 0 atom stereocenters. The van der Waals surface area contributed by atoms with Crippen molar-refractivity contribution in [1.29, 1.82) is 0 Å². The van der Waals surface area contributed by atoms with Crippen molar-refractivity contribution in [3.63, 3.8) is 0 Å². The van der Waals surface area contributed by atoms with Crippen molar-refractivity contribution in [2.75, 3.05) is 6.61 Å². The number of imidazole rings is 1. The monoisotopic (exact) mass is 199 g/mol. The second-order valence-electron chi connectivity index (χ2n) is 2.60. The number of ether oxygens (including phenoxy) is 1. The highest BCUT2D eigenvalue weighted by atomic mass is 19.3. The SMILES string of the molecule is FC(F)COc1ccc2nccn2n1. The zero-order chi connectivity index (χ0) is 9.97. The standard InChI is InChI=1S/C8H7F2N3O/c9-6(10)5-14-8-2-1-7-11-3-4-13(7)12-8/h1-4,6H,5H2. The maximum atomic E-state index is 11.8. The van der Waals surface area contributed by atoms with Crippen LogP contribution in [0.3, 0.4) is 0 Å². The summed E-state index contributed by atoms with van der Waals surface area (Å²) in [4.78, 5) is 3.95. The quantitative estimate of drug-likeness (QED) is 0.749. The molecule has 0 radical (unpaired) electrons. The summed E-state index contributed by atoms with van der Waals surface area (Å²) >= 11 is 0. The van der Waals surface area contributed by atoms with E-state index in [9.17, 15) is 8.78 Å². The van der Waals surface area contributed by atoms with Crippen molar-refractivity contribution in [3.8, 4) is 5.88 Å². The van der Waals surface area contributed by atoms with E-state index in [0.29, 0.717) is 5.65 Å². The molecule has 0 saturated carbocycles. The fourth-order valence-corrected chi connectivity index (χ4v) is 1.02. The Morgan fingerprint density at radius 2 is 2.29 bits per heavy atom. The predicted octanol–water partition coefficient (Wildman–Crippen LogP) is 1.37. The van der Waals surface area contributed by atoms with Crippen LogP contribution in [0, 0.1) is 0 Å². The Kier molecular flexibility index (Phi) is 2.26. The molecule has 0 amide bonds. The van der Waals surface area contributed by atoms with E-state index in [4.69, 9.17) is 4.74 Å². The van der Waals surface area contributed by atoms with Gasteiger partial charge in [-0.05, 0) is 6.07 Å². The number of hydrogen-bond acceptors (Lipinski definition) is 3. The molecule has 0 fully saturated rings. The van der Waals surface area contributed by atoms with E-state index in [0.717, 1.165) is 0 Å². The smallest absolute Gasteiger partial charge is 0.272 e. The van der Waals surface area contributed by atoms with Crippen molar-refractivity contribution >= 4 is 5.65 Å². The Morgan fingerprint density at radius 1 is 1.43 bits per heavy atom. The largest absolute Gasteiger partial charge is 0.471 e. The predicted molar refractivity (Wildman–Crippen MR) is 44.5 cm³/mol. The second-order valence-corrected chi connectivity index (χ2v) is 2.60. The van der Waals surface area contributed by atoms with Gasteiger partial charge in [0.1, 0.15) is 0 Å². The van der Waals surface area contributed by atoms with Gasteiger partial charge in [-0.25, -0.2) is 18.3 Å². The third kappa shape index (κ3) is 1.78. The van der Waals surface area contributed by atoms with E-state index in [1.54, 1.807) is 18.5 Å². The van der Waals surface area contributed by atoms with Crippen molar-refractivity contribution in [2.45, 2.75) is 6.43 Å². The average molecular weight is 199 g/mol. The summed E-state index contributed by atoms with van der Waals surface area (Å²) in [5.74, 6) is 0.163. The number of halogens is 2. The first-order valence-electron chi connectivity index (χ1n) is 3.97. The molecule has 0 aromatic carbocycles. The molecule has 14 heavy (non-hydrogen) atoms. The van der Waals surface area contributed by atoms with Gasteiger partial charge in [0, 0.05) is 18.5 Å². The van der Waals surface area contributed by atoms with E-state index < -0.39 is 13.0 Å². The number of aromatic nitrogens is 3. The van der Waals surface area contributed by atoms with Crippen molar-refractivity contribution in [2.24, 2.45) is 0 Å². The maximum absolute atomic E-state index is 11.8. The highest BCUT2D eigenvalue weighted by molar-refractivity contribution is 5.37. The molecule has 2 heterocycles. The molecule has 0 aliphatic carbocycles. The maximum Gasteiger partial charge on any atom is 0.272 e. The molecular weight excluding hydrogens is 192 g/mol. The molecule has 0 aliphatic heterocycles. The minimum absolute atomic E-state index is 0.163. The molecule has 0 saturated heterocycles. The number of nitrogens with zero attached hydrogens (tertiary/aromatic N) is 3. The number of rotatable bonds is 3. The summed E-state index contributed by atoms with van der Waals surface area (Å²) < 4.78 is 29.8. The molecule has 0 unspecified atom stereocenters. The summed E-state index contributed by atoms with van der Waals surface area (Å²) in [6.45, 7) is -0.646. The number of alkyl halides is 2. The van der Waals surface area contributed by atoms with Crippen LogP contribution in [-0.2, 0) is 0 Å². The topological polar surface area (TPSA) is 39.4 Å². The van der Waals surface area contributed by atoms with Crippen molar-refractivity contribution in [1.82, 2.24) is 14.6 Å². The van der Waals surface area contributed by atoms with Gasteiger partial charge in [0.2, 0.25) is 5.88 Å². The number of hydrogen-bond donors (Lipinski definition) is 0. The van der Waals surface area contributed by atoms with E-state index in [1.165, 1.54) is 10.6 Å². The van der Waals surface area contributed by atoms with Gasteiger partial charge < -0.3 is 4.74 Å². The normalized spacial score (nSPS) is 11.1. The van der Waals surface area contributed by atoms with E-state index in [2.05, 4.69) is 10.1 Å². The van der Waals surface area contributed by atoms with Gasteiger partial charge in [-0.2, -0.15) is 0 Å². The molecule has 0 spiro atoms. The molecule has 2 aromatic heterocycles. The van der Waals surface area contributed by atoms with Gasteiger partial charge in [0.15, 0.2) is 12.3 Å². The summed E-state index contributed by atoms with van der Waals surface area (Å²) in [6, 6.07) is 3.15. The summed E-state index contributed by atoms with van der Waals surface area (Å²) in [6.07, 6.45) is 0.694. The van der Waals surface area contributed by atoms with Crippen LogP contribution in [-0.4, -0.2) is 27.6 Å². The molecule has 0 bridgehead atoms. The van der Waals surface area contributed by atoms with Crippen LogP contribution in [0.1, 0.15) is 0 Å². The second kappa shape index (κ2) is 3.57. The third-order valence-corrected chi connectivity index (χ3v) is 1.59. The first kappa shape index (κ1) is 8.86. The first-order valence-corrected chi connectivity index (χ1v) is 3.97. The fraction of sp³-hybridized carbons (Fsp3) is 0.250. The van der Waals surface area contributed by atoms with Crippen LogP contribution in [0.25, 0.3) is 5.65 Å². The summed E-state index contributed by atoms with van der Waals surface area (Å²) in [5.41, 5.74) is 0.648. The van der Waals surface area contributed by atoms with E-state index in [1.807, 2.05) is 0 Å². The molecule has 4 nitrogen and oxygen atoms in total. The van der Waals surface area contributed by atoms with Crippen LogP contribution in [0.5, 0.6) is 5.88 Å². The molecule has 74 valence electrons. The van der Waals surface area contributed by atoms with Crippen LogP contribution < -0.4 is 4.74 Å². The molecule has 2 rings (SSSR count). The Bertz CT molecular complexity index is 429. The van der Waals surface area contributed by atoms with Gasteiger partial charge in [0.05, 0.1) is 0 Å². The van der Waals surface area contributed by atoms with Crippen LogP contribution in [0.15, 0.2) is 24.5 Å². The highest BCUT2D eigenvalue weighted by Gasteiger charge is 2.04. The number of fused-ring (bicyclic) bond motifs is 1. The minimum atomic E-state index is -2.49. The summed E-state index contributed by atoms with van der Waals surface area (Å²) in [7, 11) is 0. The molecular formula is C8H7F2N3O. The lowest BCUT2D eigenvalue weighted by atomic mass is 10.5. The van der Waals surface area contributed by atoms with Gasteiger partial charge >= 0.3 is 0 Å². The Morgan fingerprint density at radius 3 is 3.07 bits per heavy atom. The molecule has 0 aliphatic rings. The summed E-state index contributed by atoms with van der Waals surface area (Å²) in [5, 5.41) is 3.91. The lowest BCUT2D eigenvalue weighted by Crippen LogP contribution is -2.08. The average Bonchev–Trinajstić information content (AvgIpc) is 2.61. The van der Waals surface area contributed by atoms with Crippen LogP contribution >= 0.6 is 0 Å². The first-order chi connectivity index (χ1) is 6.75. The minimum Gasteiger partial charge on any atom is -0.471 e. The van der Waals surface area contributed by atoms with Crippen molar-refractivity contribution < 1.29 is 13.5 Å². The van der Waals surface area contributed by atoms with E-state index in [-0.39, 0.29) is 5.88 Å². The lowest BCUT2D eigenvalue weighted by molar-refractivity contribution is 0.0789. The zero-order valence-corrected chi connectivity index (χ0v) is 7.10. The lowest BCUT2D eigenvalue weighted by Gasteiger charge is -2.03. The van der Waals surface area contributed by atoms with Crippen LogP contribution in [0.4, 0.5) is 8.78 Å².